The molecular weight excluding hydrogens is 154 g/mol. The molecule has 0 heterocycles. The molecule has 0 fully saturated rings. The Morgan fingerprint density at radius 3 is 2.45 bits per heavy atom. The Kier molecular flexibility index (Phi) is 3.65. The van der Waals surface area contributed by atoms with E-state index in [1.54, 1.807) is 0 Å². The van der Waals surface area contributed by atoms with Crippen LogP contribution in [0, 0.1) is 10.1 Å². The van der Waals surface area contributed by atoms with Gasteiger partial charge in [-0.1, -0.05) is 0 Å². The number of carboxylic acids is 1. The quantitative estimate of drug-likeness (QED) is 0.265. The summed E-state index contributed by atoms with van der Waals surface area (Å²) in [6.45, 7) is -0.378. The van der Waals surface area contributed by atoms with Gasteiger partial charge in [-0.15, -0.1) is 0 Å². The van der Waals surface area contributed by atoms with Crippen LogP contribution in [-0.4, -0.2) is 27.7 Å². The maximum atomic E-state index is 9.89. The fourth-order valence-electron chi connectivity index (χ4n) is 0.394. The standard InChI is InChI=1S/C5H7NO5/c7-4(5(8)9)2-1-3-6(10)11/h2,7H,1,3H2,(H,8,9). The number of aliphatic carboxylic acids is 1. The van der Waals surface area contributed by atoms with Gasteiger partial charge in [0.05, 0.1) is 0 Å². The smallest absolute Gasteiger partial charge is 0.370 e. The molecule has 0 rings (SSSR count). The van der Waals surface area contributed by atoms with Crippen molar-refractivity contribution in [2.75, 3.05) is 6.54 Å². The average Bonchev–Trinajstić information content (AvgIpc) is 1.86. The fraction of sp³-hybridized carbons (Fsp3) is 0.400. The zero-order valence-electron chi connectivity index (χ0n) is 5.56. The van der Waals surface area contributed by atoms with Crippen LogP contribution in [0.1, 0.15) is 6.42 Å². The van der Waals surface area contributed by atoms with Crippen molar-refractivity contribution < 1.29 is 19.9 Å². The number of hydrogen-bond acceptors (Lipinski definition) is 4. The zero-order chi connectivity index (χ0) is 8.85. The van der Waals surface area contributed by atoms with Crippen molar-refractivity contribution in [3.63, 3.8) is 0 Å². The molecule has 0 aromatic heterocycles. The number of nitrogens with zero attached hydrogens (tertiary/aromatic N) is 1. The highest BCUT2D eigenvalue weighted by Crippen LogP contribution is 1.91. The third-order valence-corrected chi connectivity index (χ3v) is 0.868. The van der Waals surface area contributed by atoms with Gasteiger partial charge >= 0.3 is 5.97 Å². The predicted octanol–water partition coefficient (Wildman–Crippen LogP) is 0.180. The van der Waals surface area contributed by atoms with Gasteiger partial charge in [-0.25, -0.2) is 4.79 Å². The molecule has 0 amide bonds. The predicted molar refractivity (Wildman–Crippen MR) is 34.8 cm³/mol. The first kappa shape index (κ1) is 9.41. The number of aliphatic hydroxyl groups is 1. The Hall–Kier alpha value is -1.59. The summed E-state index contributed by atoms with van der Waals surface area (Å²) in [5.41, 5.74) is 0. The van der Waals surface area contributed by atoms with Gasteiger partial charge in [-0.2, -0.15) is 0 Å². The highest BCUT2D eigenvalue weighted by atomic mass is 16.6. The maximum absolute atomic E-state index is 9.89. The topological polar surface area (TPSA) is 101 Å². The molecule has 0 unspecified atom stereocenters. The Morgan fingerprint density at radius 2 is 2.09 bits per heavy atom. The van der Waals surface area contributed by atoms with Crippen LogP contribution < -0.4 is 0 Å². The van der Waals surface area contributed by atoms with Crippen molar-refractivity contribution in [1.82, 2.24) is 0 Å². The van der Waals surface area contributed by atoms with E-state index in [9.17, 15) is 14.9 Å². The SMILES string of the molecule is O=C(O)C(O)=CCC[N+](=O)[O-]. The molecule has 0 aliphatic heterocycles. The van der Waals surface area contributed by atoms with E-state index in [0.717, 1.165) is 6.08 Å². The summed E-state index contributed by atoms with van der Waals surface area (Å²) in [6.07, 6.45) is 0.816. The van der Waals surface area contributed by atoms with E-state index in [-0.39, 0.29) is 13.0 Å². The van der Waals surface area contributed by atoms with Crippen LogP contribution in [0.2, 0.25) is 0 Å². The molecule has 0 radical (unpaired) electrons. The first-order valence-electron chi connectivity index (χ1n) is 2.78. The highest BCUT2D eigenvalue weighted by Gasteiger charge is 2.03. The van der Waals surface area contributed by atoms with E-state index < -0.39 is 16.7 Å². The van der Waals surface area contributed by atoms with Crippen molar-refractivity contribution >= 4 is 5.97 Å². The minimum absolute atomic E-state index is 0.0782. The van der Waals surface area contributed by atoms with E-state index in [2.05, 4.69) is 0 Å². The van der Waals surface area contributed by atoms with Crippen LogP contribution in [0.15, 0.2) is 11.8 Å². The molecule has 0 aromatic carbocycles. The Balaban J connectivity index is 3.74. The number of hydrogen-bond donors (Lipinski definition) is 2. The first-order valence-corrected chi connectivity index (χ1v) is 2.78. The maximum Gasteiger partial charge on any atom is 0.370 e. The van der Waals surface area contributed by atoms with E-state index in [1.165, 1.54) is 0 Å². The van der Waals surface area contributed by atoms with E-state index in [4.69, 9.17) is 10.2 Å². The monoisotopic (exact) mass is 161 g/mol. The van der Waals surface area contributed by atoms with E-state index in [0.29, 0.717) is 0 Å². The molecule has 0 saturated carbocycles. The molecule has 62 valence electrons. The lowest BCUT2D eigenvalue weighted by Gasteiger charge is -1.89. The van der Waals surface area contributed by atoms with Crippen LogP contribution in [0.3, 0.4) is 0 Å². The summed E-state index contributed by atoms with van der Waals surface area (Å²) >= 11 is 0. The summed E-state index contributed by atoms with van der Waals surface area (Å²) < 4.78 is 0. The molecule has 6 heteroatoms. The summed E-state index contributed by atoms with van der Waals surface area (Å²) in [6, 6.07) is 0. The molecule has 0 aliphatic rings. The number of carboxylic acid groups (broad SMARTS) is 1. The second-order valence-electron chi connectivity index (χ2n) is 1.74. The first-order chi connectivity index (χ1) is 5.04. The van der Waals surface area contributed by atoms with Crippen molar-refractivity contribution in [3.8, 4) is 0 Å². The molecule has 0 aliphatic carbocycles. The zero-order valence-corrected chi connectivity index (χ0v) is 5.56. The highest BCUT2D eigenvalue weighted by molar-refractivity contribution is 5.83. The molecule has 0 saturated heterocycles. The van der Waals surface area contributed by atoms with Crippen LogP contribution in [0.5, 0.6) is 0 Å². The number of carbonyl (C=O) groups is 1. The third kappa shape index (κ3) is 4.89. The van der Waals surface area contributed by atoms with E-state index >= 15 is 0 Å². The Bertz CT molecular complexity index is 197. The molecule has 11 heavy (non-hydrogen) atoms. The molecule has 0 bridgehead atoms. The summed E-state index contributed by atoms with van der Waals surface area (Å²) in [5, 5.41) is 26.2. The minimum atomic E-state index is -1.48. The van der Waals surface area contributed by atoms with Gasteiger partial charge in [-0.3, -0.25) is 10.1 Å². The van der Waals surface area contributed by atoms with Crippen molar-refractivity contribution in [2.24, 2.45) is 0 Å². The summed E-state index contributed by atoms with van der Waals surface area (Å²) in [5.74, 6) is -2.33. The second-order valence-corrected chi connectivity index (χ2v) is 1.74. The Morgan fingerprint density at radius 1 is 1.55 bits per heavy atom. The van der Waals surface area contributed by atoms with Gasteiger partial charge in [-0.05, 0) is 6.08 Å². The van der Waals surface area contributed by atoms with Gasteiger partial charge < -0.3 is 10.2 Å². The van der Waals surface area contributed by atoms with Gasteiger partial charge in [0.1, 0.15) is 0 Å². The largest absolute Gasteiger partial charge is 0.502 e. The Labute approximate surface area is 61.9 Å². The lowest BCUT2D eigenvalue weighted by Crippen LogP contribution is -2.02. The number of nitro groups is 1. The fourth-order valence-corrected chi connectivity index (χ4v) is 0.394. The summed E-state index contributed by atoms with van der Waals surface area (Å²) in [4.78, 5) is 19.0. The van der Waals surface area contributed by atoms with Crippen molar-refractivity contribution in [2.45, 2.75) is 6.42 Å². The number of aliphatic hydroxyl groups excluding tert-OH is 1. The third-order valence-electron chi connectivity index (χ3n) is 0.868. The lowest BCUT2D eigenvalue weighted by atomic mass is 10.3. The average molecular weight is 161 g/mol. The molecule has 0 aromatic rings. The van der Waals surface area contributed by atoms with Crippen LogP contribution in [0.4, 0.5) is 0 Å². The van der Waals surface area contributed by atoms with Crippen molar-refractivity contribution in [3.05, 3.63) is 21.9 Å². The minimum Gasteiger partial charge on any atom is -0.502 e. The van der Waals surface area contributed by atoms with Gasteiger partial charge in [0.2, 0.25) is 6.54 Å². The van der Waals surface area contributed by atoms with E-state index in [1.807, 2.05) is 0 Å². The van der Waals surface area contributed by atoms with Crippen LogP contribution in [0.25, 0.3) is 0 Å². The molecule has 6 nitrogen and oxygen atoms in total. The second kappa shape index (κ2) is 4.26. The molecule has 2 N–H and O–H groups in total. The summed E-state index contributed by atoms with van der Waals surface area (Å²) in [7, 11) is 0. The number of rotatable bonds is 4. The van der Waals surface area contributed by atoms with Gasteiger partial charge in [0, 0.05) is 11.3 Å². The van der Waals surface area contributed by atoms with Crippen LogP contribution >= 0.6 is 0 Å². The van der Waals surface area contributed by atoms with Crippen LogP contribution in [-0.2, 0) is 4.79 Å². The molecule has 0 spiro atoms. The van der Waals surface area contributed by atoms with Gasteiger partial charge in [0.15, 0.2) is 5.76 Å². The van der Waals surface area contributed by atoms with Crippen molar-refractivity contribution in [1.29, 1.82) is 0 Å². The molecular formula is C5H7NO5. The molecule has 0 atom stereocenters. The lowest BCUT2D eigenvalue weighted by molar-refractivity contribution is -0.478. The normalized spacial score (nSPS) is 11.1. The van der Waals surface area contributed by atoms with Gasteiger partial charge in [0.25, 0.3) is 0 Å².